The molecule has 0 spiro atoms. The van der Waals surface area contributed by atoms with Gasteiger partial charge in [0.2, 0.25) is 0 Å². The Morgan fingerprint density at radius 2 is 2.12 bits per heavy atom. The van der Waals surface area contributed by atoms with E-state index in [0.717, 1.165) is 4.90 Å². The minimum Gasteiger partial charge on any atom is -0.392 e. The lowest BCUT2D eigenvalue weighted by atomic mass is 10.2. The summed E-state index contributed by atoms with van der Waals surface area (Å²) in [5, 5.41) is 9.25. The number of rotatable bonds is 4. The molecule has 0 fully saturated rings. The Hall–Kier alpha value is -1.00. The summed E-state index contributed by atoms with van der Waals surface area (Å²) in [5.41, 5.74) is 0.693. The molecule has 1 N–H and O–H groups in total. The second kappa shape index (κ2) is 5.92. The number of carbonyl (C=O) groups is 1. The van der Waals surface area contributed by atoms with E-state index in [1.54, 1.807) is 30.6 Å². The third-order valence-corrected chi connectivity index (χ3v) is 3.02. The summed E-state index contributed by atoms with van der Waals surface area (Å²) in [7, 11) is 1.70. The van der Waals surface area contributed by atoms with Crippen molar-refractivity contribution in [1.82, 2.24) is 4.90 Å². The van der Waals surface area contributed by atoms with E-state index in [0.29, 0.717) is 12.1 Å². The molecule has 4 heteroatoms. The van der Waals surface area contributed by atoms with Crippen LogP contribution in [0.4, 0.5) is 0 Å². The van der Waals surface area contributed by atoms with Gasteiger partial charge in [-0.2, -0.15) is 0 Å². The molecule has 0 aromatic heterocycles. The molecule has 1 atom stereocenters. The summed E-state index contributed by atoms with van der Waals surface area (Å²) in [4.78, 5) is 14.6. The highest BCUT2D eigenvalue weighted by Crippen LogP contribution is 2.20. The minimum absolute atomic E-state index is 0.0501. The molecule has 88 valence electrons. The van der Waals surface area contributed by atoms with E-state index in [9.17, 15) is 9.90 Å². The topological polar surface area (TPSA) is 40.5 Å². The SMILES string of the molecule is CSc1ccccc1C(=O)N(C)CC(C)O. The number of amides is 1. The fourth-order valence-electron chi connectivity index (χ4n) is 1.51. The zero-order chi connectivity index (χ0) is 12.1. The molecule has 16 heavy (non-hydrogen) atoms. The first-order valence-corrected chi connectivity index (χ1v) is 6.35. The van der Waals surface area contributed by atoms with Gasteiger partial charge in [-0.1, -0.05) is 12.1 Å². The fraction of sp³-hybridized carbons (Fsp3) is 0.417. The number of likely N-dealkylation sites (N-methyl/N-ethyl adjacent to an activating group) is 1. The Balaban J connectivity index is 2.87. The lowest BCUT2D eigenvalue weighted by molar-refractivity contribution is 0.0700. The van der Waals surface area contributed by atoms with Crippen LogP contribution in [0.25, 0.3) is 0 Å². The predicted octanol–water partition coefficient (Wildman–Crippen LogP) is 1.86. The molecule has 1 rings (SSSR count). The Labute approximate surface area is 100 Å². The van der Waals surface area contributed by atoms with Gasteiger partial charge in [0.15, 0.2) is 0 Å². The molecule has 1 aromatic rings. The molecule has 0 heterocycles. The van der Waals surface area contributed by atoms with Crippen LogP contribution in [-0.2, 0) is 0 Å². The van der Waals surface area contributed by atoms with Gasteiger partial charge in [0.1, 0.15) is 0 Å². The van der Waals surface area contributed by atoms with E-state index in [4.69, 9.17) is 0 Å². The monoisotopic (exact) mass is 239 g/mol. The average molecular weight is 239 g/mol. The number of hydrogen-bond donors (Lipinski definition) is 1. The van der Waals surface area contributed by atoms with Crippen molar-refractivity contribution in [3.63, 3.8) is 0 Å². The molecule has 0 bridgehead atoms. The Kier molecular flexibility index (Phi) is 4.83. The fourth-order valence-corrected chi connectivity index (χ4v) is 2.10. The van der Waals surface area contributed by atoms with Crippen molar-refractivity contribution in [1.29, 1.82) is 0 Å². The summed E-state index contributed by atoms with van der Waals surface area (Å²) < 4.78 is 0. The molecule has 0 radical (unpaired) electrons. The number of benzene rings is 1. The van der Waals surface area contributed by atoms with Crippen molar-refractivity contribution in [3.05, 3.63) is 29.8 Å². The Bertz CT molecular complexity index is 366. The van der Waals surface area contributed by atoms with Crippen LogP contribution in [0.15, 0.2) is 29.2 Å². The molecule has 1 unspecified atom stereocenters. The maximum absolute atomic E-state index is 12.1. The second-order valence-electron chi connectivity index (χ2n) is 3.73. The summed E-state index contributed by atoms with van der Waals surface area (Å²) in [6.45, 7) is 2.02. The van der Waals surface area contributed by atoms with Crippen molar-refractivity contribution in [3.8, 4) is 0 Å². The lowest BCUT2D eigenvalue weighted by Crippen LogP contribution is -2.33. The summed E-state index contributed by atoms with van der Waals surface area (Å²) >= 11 is 1.55. The molecule has 0 saturated heterocycles. The third kappa shape index (κ3) is 3.25. The molecule has 3 nitrogen and oxygen atoms in total. The zero-order valence-corrected chi connectivity index (χ0v) is 10.6. The van der Waals surface area contributed by atoms with Crippen LogP contribution in [-0.4, -0.2) is 41.9 Å². The Morgan fingerprint density at radius 3 is 2.69 bits per heavy atom. The first-order chi connectivity index (χ1) is 7.56. The van der Waals surface area contributed by atoms with Gasteiger partial charge in [-0.15, -0.1) is 11.8 Å². The van der Waals surface area contributed by atoms with Crippen LogP contribution in [0.2, 0.25) is 0 Å². The first-order valence-electron chi connectivity index (χ1n) is 5.12. The summed E-state index contributed by atoms with van der Waals surface area (Å²) in [6.07, 6.45) is 1.44. The Morgan fingerprint density at radius 1 is 1.50 bits per heavy atom. The smallest absolute Gasteiger partial charge is 0.254 e. The number of hydrogen-bond acceptors (Lipinski definition) is 3. The molecular weight excluding hydrogens is 222 g/mol. The van der Waals surface area contributed by atoms with Gasteiger partial charge >= 0.3 is 0 Å². The maximum Gasteiger partial charge on any atom is 0.254 e. The van der Waals surface area contributed by atoms with Crippen LogP contribution >= 0.6 is 11.8 Å². The molecule has 0 aliphatic carbocycles. The average Bonchev–Trinajstić information content (AvgIpc) is 2.27. The van der Waals surface area contributed by atoms with E-state index in [1.807, 2.05) is 30.5 Å². The molecule has 0 aliphatic heterocycles. The van der Waals surface area contributed by atoms with Crippen molar-refractivity contribution in [2.24, 2.45) is 0 Å². The van der Waals surface area contributed by atoms with Crippen molar-refractivity contribution < 1.29 is 9.90 Å². The van der Waals surface area contributed by atoms with Gasteiger partial charge < -0.3 is 10.0 Å². The minimum atomic E-state index is -0.504. The van der Waals surface area contributed by atoms with Gasteiger partial charge in [0.25, 0.3) is 5.91 Å². The van der Waals surface area contributed by atoms with Crippen molar-refractivity contribution >= 4 is 17.7 Å². The third-order valence-electron chi connectivity index (χ3n) is 2.22. The predicted molar refractivity (Wildman–Crippen MR) is 66.9 cm³/mol. The van der Waals surface area contributed by atoms with Crippen molar-refractivity contribution in [2.45, 2.75) is 17.9 Å². The van der Waals surface area contributed by atoms with Crippen LogP contribution < -0.4 is 0 Å². The summed E-state index contributed by atoms with van der Waals surface area (Å²) in [5.74, 6) is -0.0501. The number of aliphatic hydroxyl groups excluding tert-OH is 1. The van der Waals surface area contributed by atoms with Crippen molar-refractivity contribution in [2.75, 3.05) is 19.8 Å². The lowest BCUT2D eigenvalue weighted by Gasteiger charge is -2.19. The number of carbonyl (C=O) groups excluding carboxylic acids is 1. The van der Waals surface area contributed by atoms with E-state index in [2.05, 4.69) is 0 Å². The normalized spacial score (nSPS) is 12.2. The van der Waals surface area contributed by atoms with Crippen LogP contribution in [0.1, 0.15) is 17.3 Å². The number of nitrogens with zero attached hydrogens (tertiary/aromatic N) is 1. The maximum atomic E-state index is 12.1. The molecule has 1 amide bonds. The molecular formula is C12H17NO2S. The highest BCUT2D eigenvalue weighted by Gasteiger charge is 2.15. The van der Waals surface area contributed by atoms with Gasteiger partial charge in [-0.3, -0.25) is 4.79 Å². The molecule has 0 saturated carbocycles. The van der Waals surface area contributed by atoms with E-state index < -0.39 is 6.10 Å². The largest absolute Gasteiger partial charge is 0.392 e. The first kappa shape index (κ1) is 13.1. The van der Waals surface area contributed by atoms with Gasteiger partial charge in [0.05, 0.1) is 11.7 Å². The quantitative estimate of drug-likeness (QED) is 0.815. The number of thioether (sulfide) groups is 1. The molecule has 0 aliphatic rings. The van der Waals surface area contributed by atoms with Crippen LogP contribution in [0.3, 0.4) is 0 Å². The van der Waals surface area contributed by atoms with E-state index in [-0.39, 0.29) is 5.91 Å². The summed E-state index contributed by atoms with van der Waals surface area (Å²) in [6, 6.07) is 7.50. The van der Waals surface area contributed by atoms with Crippen LogP contribution in [0.5, 0.6) is 0 Å². The van der Waals surface area contributed by atoms with Gasteiger partial charge in [-0.25, -0.2) is 0 Å². The number of aliphatic hydroxyl groups is 1. The molecule has 1 aromatic carbocycles. The standard InChI is InChI=1S/C12H17NO2S/c1-9(14)8-13(2)12(15)10-6-4-5-7-11(10)16-3/h4-7,9,14H,8H2,1-3H3. The highest BCUT2D eigenvalue weighted by atomic mass is 32.2. The van der Waals surface area contributed by atoms with Gasteiger partial charge in [-0.05, 0) is 25.3 Å². The van der Waals surface area contributed by atoms with Crippen LogP contribution in [0, 0.1) is 0 Å². The zero-order valence-electron chi connectivity index (χ0n) is 9.80. The second-order valence-corrected chi connectivity index (χ2v) is 4.58. The van der Waals surface area contributed by atoms with Gasteiger partial charge in [0, 0.05) is 18.5 Å². The van der Waals surface area contributed by atoms with E-state index >= 15 is 0 Å². The van der Waals surface area contributed by atoms with E-state index in [1.165, 1.54) is 0 Å². The highest BCUT2D eigenvalue weighted by molar-refractivity contribution is 7.98.